The summed E-state index contributed by atoms with van der Waals surface area (Å²) >= 11 is 5.63. The molecule has 2 aromatic rings. The van der Waals surface area contributed by atoms with E-state index in [2.05, 4.69) is 0 Å². The van der Waals surface area contributed by atoms with Crippen LogP contribution in [0.3, 0.4) is 0 Å². The molecule has 0 aromatic heterocycles. The second kappa shape index (κ2) is 5.11. The lowest BCUT2D eigenvalue weighted by molar-refractivity contribution is 0.0989. The topological polar surface area (TPSA) is 17.1 Å². The predicted octanol–water partition coefficient (Wildman–Crippen LogP) is 3.90. The smallest absolute Gasteiger partial charge is 0.170 e. The van der Waals surface area contributed by atoms with E-state index in [0.29, 0.717) is 0 Å². The molecule has 0 bridgehead atoms. The molecule has 0 saturated heterocycles. The molecule has 0 spiro atoms. The first-order valence-electron chi connectivity index (χ1n) is 5.19. The maximum Gasteiger partial charge on any atom is 0.170 e. The Balaban J connectivity index is 2.24. The van der Waals surface area contributed by atoms with E-state index in [1.807, 2.05) is 30.3 Å². The van der Waals surface area contributed by atoms with E-state index in [1.165, 1.54) is 12.1 Å². The zero-order valence-electron chi connectivity index (χ0n) is 8.99. The predicted molar refractivity (Wildman–Crippen MR) is 65.9 cm³/mol. The van der Waals surface area contributed by atoms with Crippen LogP contribution in [0, 0.1) is 5.82 Å². The van der Waals surface area contributed by atoms with Gasteiger partial charge in [-0.25, -0.2) is 4.39 Å². The Bertz CT molecular complexity index is 537. The van der Waals surface area contributed by atoms with Crippen LogP contribution in [0.15, 0.2) is 48.5 Å². The van der Waals surface area contributed by atoms with Crippen LogP contribution in [0.4, 0.5) is 4.39 Å². The first-order valence-corrected chi connectivity index (χ1v) is 5.57. The number of ketones is 1. The van der Waals surface area contributed by atoms with Gasteiger partial charge in [0.25, 0.3) is 0 Å². The molecular weight excluding hydrogens is 239 g/mol. The van der Waals surface area contributed by atoms with Gasteiger partial charge in [0.15, 0.2) is 11.6 Å². The van der Waals surface area contributed by atoms with Crippen molar-refractivity contribution in [1.29, 1.82) is 0 Å². The Morgan fingerprint density at radius 1 is 1.06 bits per heavy atom. The Morgan fingerprint density at radius 2 is 1.76 bits per heavy atom. The molecule has 0 N–H and O–H groups in total. The molecule has 17 heavy (non-hydrogen) atoms. The van der Waals surface area contributed by atoms with Crippen LogP contribution < -0.4 is 0 Å². The number of carbonyl (C=O) groups excluding carboxylic acids is 1. The number of Topliss-reactive ketones (excluding diaryl/α,β-unsaturated/α-hetero) is 1. The van der Waals surface area contributed by atoms with Gasteiger partial charge in [0, 0.05) is 6.42 Å². The van der Waals surface area contributed by atoms with Crippen molar-refractivity contribution in [2.24, 2.45) is 0 Å². The Labute approximate surface area is 104 Å². The fourth-order valence-electron chi connectivity index (χ4n) is 1.60. The summed E-state index contributed by atoms with van der Waals surface area (Å²) in [5.41, 5.74) is 0.901. The van der Waals surface area contributed by atoms with Crippen molar-refractivity contribution in [2.45, 2.75) is 6.42 Å². The van der Waals surface area contributed by atoms with Gasteiger partial charge in [0.05, 0.1) is 10.6 Å². The molecule has 0 heterocycles. The molecule has 0 aliphatic rings. The van der Waals surface area contributed by atoms with Crippen LogP contribution in [0.25, 0.3) is 0 Å². The largest absolute Gasteiger partial charge is 0.294 e. The fourth-order valence-corrected chi connectivity index (χ4v) is 1.77. The van der Waals surface area contributed by atoms with Gasteiger partial charge in [-0.1, -0.05) is 48.0 Å². The highest BCUT2D eigenvalue weighted by molar-refractivity contribution is 6.31. The molecule has 0 unspecified atom stereocenters. The third kappa shape index (κ3) is 2.71. The quantitative estimate of drug-likeness (QED) is 0.753. The maximum atomic E-state index is 13.6. The van der Waals surface area contributed by atoms with Crippen LogP contribution in [0.2, 0.25) is 5.02 Å². The van der Waals surface area contributed by atoms with Crippen molar-refractivity contribution in [1.82, 2.24) is 0 Å². The minimum absolute atomic E-state index is 0.0242. The van der Waals surface area contributed by atoms with E-state index < -0.39 is 5.82 Å². The average molecular weight is 249 g/mol. The van der Waals surface area contributed by atoms with E-state index in [4.69, 9.17) is 11.6 Å². The zero-order valence-corrected chi connectivity index (χ0v) is 9.75. The van der Waals surface area contributed by atoms with Crippen molar-refractivity contribution < 1.29 is 9.18 Å². The number of hydrogen-bond donors (Lipinski definition) is 0. The Hall–Kier alpha value is -1.67. The number of hydrogen-bond acceptors (Lipinski definition) is 1. The molecule has 0 aliphatic carbocycles. The van der Waals surface area contributed by atoms with Crippen molar-refractivity contribution >= 4 is 17.4 Å². The molecule has 2 rings (SSSR count). The van der Waals surface area contributed by atoms with Gasteiger partial charge < -0.3 is 0 Å². The van der Waals surface area contributed by atoms with E-state index >= 15 is 0 Å². The van der Waals surface area contributed by atoms with Gasteiger partial charge in [0.1, 0.15) is 0 Å². The van der Waals surface area contributed by atoms with Crippen molar-refractivity contribution in [3.63, 3.8) is 0 Å². The van der Waals surface area contributed by atoms with E-state index in [-0.39, 0.29) is 22.8 Å². The van der Waals surface area contributed by atoms with E-state index in [1.54, 1.807) is 6.07 Å². The molecule has 0 fully saturated rings. The molecule has 1 nitrogen and oxygen atoms in total. The summed E-state index contributed by atoms with van der Waals surface area (Å²) in [5, 5.41) is -0.0242. The number of carbonyl (C=O) groups is 1. The minimum Gasteiger partial charge on any atom is -0.294 e. The van der Waals surface area contributed by atoms with Crippen molar-refractivity contribution in [3.05, 3.63) is 70.5 Å². The van der Waals surface area contributed by atoms with Crippen LogP contribution in [-0.4, -0.2) is 5.78 Å². The number of halogens is 2. The van der Waals surface area contributed by atoms with Crippen LogP contribution in [0.5, 0.6) is 0 Å². The normalized spacial score (nSPS) is 10.2. The lowest BCUT2D eigenvalue weighted by Gasteiger charge is -2.03. The Morgan fingerprint density at radius 3 is 2.47 bits per heavy atom. The first-order chi connectivity index (χ1) is 8.18. The van der Waals surface area contributed by atoms with Crippen molar-refractivity contribution in [2.75, 3.05) is 0 Å². The second-order valence-corrected chi connectivity index (χ2v) is 4.09. The van der Waals surface area contributed by atoms with Gasteiger partial charge in [-0.2, -0.15) is 0 Å². The Kier molecular flexibility index (Phi) is 3.55. The minimum atomic E-state index is -0.643. The highest BCUT2D eigenvalue weighted by Crippen LogP contribution is 2.19. The SMILES string of the molecule is O=C(Cc1ccccc1)c1cccc(Cl)c1F. The summed E-state index contributed by atoms with van der Waals surface area (Å²) in [5.74, 6) is -0.911. The highest BCUT2D eigenvalue weighted by atomic mass is 35.5. The summed E-state index contributed by atoms with van der Waals surface area (Å²) in [7, 11) is 0. The molecule has 0 amide bonds. The van der Waals surface area contributed by atoms with Crippen LogP contribution in [0.1, 0.15) is 15.9 Å². The van der Waals surface area contributed by atoms with Crippen LogP contribution >= 0.6 is 11.6 Å². The monoisotopic (exact) mass is 248 g/mol. The molecule has 0 aliphatic heterocycles. The lowest BCUT2D eigenvalue weighted by atomic mass is 10.0. The third-order valence-electron chi connectivity index (χ3n) is 2.46. The summed E-state index contributed by atoms with van der Waals surface area (Å²) in [6.45, 7) is 0. The first kappa shape index (κ1) is 11.8. The maximum absolute atomic E-state index is 13.6. The molecule has 0 atom stereocenters. The fraction of sp³-hybridized carbons (Fsp3) is 0.0714. The van der Waals surface area contributed by atoms with Gasteiger partial charge in [-0.05, 0) is 17.7 Å². The number of benzene rings is 2. The number of rotatable bonds is 3. The molecule has 3 heteroatoms. The molecular formula is C14H10ClFO. The molecule has 0 radical (unpaired) electrons. The van der Waals surface area contributed by atoms with Gasteiger partial charge in [-0.15, -0.1) is 0 Å². The summed E-state index contributed by atoms with van der Waals surface area (Å²) in [6.07, 6.45) is 0.179. The highest BCUT2D eigenvalue weighted by Gasteiger charge is 2.14. The lowest BCUT2D eigenvalue weighted by Crippen LogP contribution is -2.06. The van der Waals surface area contributed by atoms with E-state index in [9.17, 15) is 9.18 Å². The second-order valence-electron chi connectivity index (χ2n) is 3.69. The average Bonchev–Trinajstić information content (AvgIpc) is 2.34. The zero-order chi connectivity index (χ0) is 12.3. The standard InChI is InChI=1S/C14H10ClFO/c15-12-8-4-7-11(14(12)16)13(17)9-10-5-2-1-3-6-10/h1-8H,9H2. The molecule has 0 saturated carbocycles. The summed E-state index contributed by atoms with van der Waals surface area (Å²) < 4.78 is 13.6. The van der Waals surface area contributed by atoms with Gasteiger partial charge >= 0.3 is 0 Å². The van der Waals surface area contributed by atoms with Crippen molar-refractivity contribution in [3.8, 4) is 0 Å². The van der Waals surface area contributed by atoms with Gasteiger partial charge in [-0.3, -0.25) is 4.79 Å². The summed E-state index contributed by atoms with van der Waals surface area (Å²) in [6, 6.07) is 13.7. The molecule has 2 aromatic carbocycles. The molecule has 86 valence electrons. The third-order valence-corrected chi connectivity index (χ3v) is 2.75. The van der Waals surface area contributed by atoms with E-state index in [0.717, 1.165) is 5.56 Å². The summed E-state index contributed by atoms with van der Waals surface area (Å²) in [4.78, 5) is 11.9. The van der Waals surface area contributed by atoms with Gasteiger partial charge in [0.2, 0.25) is 0 Å². The van der Waals surface area contributed by atoms with Crippen LogP contribution in [-0.2, 0) is 6.42 Å².